The number of aromatic nitrogens is 2. The van der Waals surface area contributed by atoms with Crippen LogP contribution < -0.4 is 10.2 Å². The second kappa shape index (κ2) is 8.39. The highest BCUT2D eigenvalue weighted by Crippen LogP contribution is 2.15. The Hall–Kier alpha value is -2.73. The van der Waals surface area contributed by atoms with Crippen molar-refractivity contribution in [2.75, 3.05) is 23.8 Å². The number of hydrogen-bond acceptors (Lipinski definition) is 5. The van der Waals surface area contributed by atoms with Crippen LogP contribution in [-0.4, -0.2) is 29.5 Å². The molecule has 3 aromatic heterocycles. The number of hydrogen-bond donors (Lipinski definition) is 1. The highest BCUT2D eigenvalue weighted by molar-refractivity contribution is 7.10. The maximum atomic E-state index is 12.0. The van der Waals surface area contributed by atoms with Gasteiger partial charge in [0.15, 0.2) is 0 Å². The summed E-state index contributed by atoms with van der Waals surface area (Å²) in [5.74, 6) is 0.529. The standard InChI is InChI=1S/C19H20N4OS/c1-23(11-8-15-6-9-20-10-7-15)16-4-5-18(21-14-16)22-19(24)13-17-3-2-12-25-17/h2-7,9-10,12,14H,8,11,13H2,1H3,(H,21,22,24). The molecule has 1 amide bonds. The lowest BCUT2D eigenvalue weighted by Crippen LogP contribution is -2.21. The first-order valence-corrected chi connectivity index (χ1v) is 8.97. The Morgan fingerprint density at radius 3 is 2.72 bits per heavy atom. The van der Waals surface area contributed by atoms with Gasteiger partial charge >= 0.3 is 0 Å². The first-order chi connectivity index (χ1) is 12.2. The zero-order valence-electron chi connectivity index (χ0n) is 14.1. The molecule has 3 rings (SSSR count). The third kappa shape index (κ3) is 5.12. The summed E-state index contributed by atoms with van der Waals surface area (Å²) in [4.78, 5) is 23.6. The van der Waals surface area contributed by atoms with Crippen LogP contribution in [-0.2, 0) is 17.6 Å². The van der Waals surface area contributed by atoms with Crippen molar-refractivity contribution >= 4 is 28.7 Å². The Morgan fingerprint density at radius 1 is 1.20 bits per heavy atom. The van der Waals surface area contributed by atoms with E-state index >= 15 is 0 Å². The van der Waals surface area contributed by atoms with Crippen molar-refractivity contribution in [2.24, 2.45) is 0 Å². The minimum atomic E-state index is -0.0475. The van der Waals surface area contributed by atoms with Gasteiger partial charge in [0.2, 0.25) is 5.91 Å². The molecule has 1 N–H and O–H groups in total. The topological polar surface area (TPSA) is 58.1 Å². The number of nitrogens with zero attached hydrogens (tertiary/aromatic N) is 3. The Bertz CT molecular complexity index is 788. The average molecular weight is 352 g/mol. The van der Waals surface area contributed by atoms with E-state index in [0.29, 0.717) is 12.2 Å². The van der Waals surface area contributed by atoms with Gasteiger partial charge in [-0.05, 0) is 47.7 Å². The summed E-state index contributed by atoms with van der Waals surface area (Å²) >= 11 is 1.58. The molecule has 0 saturated carbocycles. The lowest BCUT2D eigenvalue weighted by Gasteiger charge is -2.19. The maximum Gasteiger partial charge on any atom is 0.230 e. The van der Waals surface area contributed by atoms with Gasteiger partial charge in [-0.1, -0.05) is 6.07 Å². The number of amides is 1. The lowest BCUT2D eigenvalue weighted by molar-refractivity contribution is -0.115. The first-order valence-electron chi connectivity index (χ1n) is 8.09. The molecule has 0 bridgehead atoms. The Balaban J connectivity index is 1.51. The van der Waals surface area contributed by atoms with E-state index in [1.165, 1.54) is 5.56 Å². The van der Waals surface area contributed by atoms with Crippen LogP contribution >= 0.6 is 11.3 Å². The minimum absolute atomic E-state index is 0.0475. The molecule has 5 nitrogen and oxygen atoms in total. The summed E-state index contributed by atoms with van der Waals surface area (Å²) in [6.07, 6.45) is 6.73. The van der Waals surface area contributed by atoms with E-state index in [4.69, 9.17) is 0 Å². The number of likely N-dealkylation sites (N-methyl/N-ethyl adjacent to an activating group) is 1. The van der Waals surface area contributed by atoms with Gasteiger partial charge in [0, 0.05) is 30.9 Å². The largest absolute Gasteiger partial charge is 0.373 e. The van der Waals surface area contributed by atoms with Gasteiger partial charge in [-0.2, -0.15) is 0 Å². The smallest absolute Gasteiger partial charge is 0.230 e. The third-order valence-electron chi connectivity index (χ3n) is 3.86. The fraction of sp³-hybridized carbons (Fsp3) is 0.211. The predicted molar refractivity (Wildman–Crippen MR) is 102 cm³/mol. The summed E-state index contributed by atoms with van der Waals surface area (Å²) in [7, 11) is 2.03. The summed E-state index contributed by atoms with van der Waals surface area (Å²) in [5, 5.41) is 4.81. The normalized spacial score (nSPS) is 10.4. The van der Waals surface area contributed by atoms with Crippen LogP contribution in [0.5, 0.6) is 0 Å². The molecule has 0 aliphatic rings. The van der Waals surface area contributed by atoms with Crippen molar-refractivity contribution in [3.63, 3.8) is 0 Å². The van der Waals surface area contributed by atoms with E-state index in [1.807, 2.05) is 61.2 Å². The molecule has 0 aliphatic heterocycles. The van der Waals surface area contributed by atoms with Crippen molar-refractivity contribution in [2.45, 2.75) is 12.8 Å². The molecule has 0 fully saturated rings. The molecular formula is C19H20N4OS. The molecule has 128 valence electrons. The van der Waals surface area contributed by atoms with Gasteiger partial charge in [-0.3, -0.25) is 9.78 Å². The van der Waals surface area contributed by atoms with E-state index in [-0.39, 0.29) is 5.91 Å². The number of nitrogens with one attached hydrogen (secondary N) is 1. The molecule has 0 unspecified atom stereocenters. The van der Waals surface area contributed by atoms with Gasteiger partial charge in [-0.15, -0.1) is 11.3 Å². The fourth-order valence-corrected chi connectivity index (χ4v) is 3.12. The zero-order chi connectivity index (χ0) is 17.5. The quantitative estimate of drug-likeness (QED) is 0.708. The lowest BCUT2D eigenvalue weighted by atomic mass is 10.2. The summed E-state index contributed by atoms with van der Waals surface area (Å²) in [6.45, 7) is 0.885. The molecule has 3 aromatic rings. The predicted octanol–water partition coefficient (Wildman–Crippen LogP) is 3.40. The van der Waals surface area contributed by atoms with E-state index in [9.17, 15) is 4.79 Å². The van der Waals surface area contributed by atoms with Crippen LogP contribution in [0.15, 0.2) is 60.4 Å². The number of pyridine rings is 2. The average Bonchev–Trinajstić information content (AvgIpc) is 3.14. The zero-order valence-corrected chi connectivity index (χ0v) is 14.9. The Labute approximate surface area is 151 Å². The number of anilines is 2. The number of thiophene rings is 1. The SMILES string of the molecule is CN(CCc1ccncc1)c1ccc(NC(=O)Cc2cccs2)nc1. The number of rotatable bonds is 7. The summed E-state index contributed by atoms with van der Waals surface area (Å²) in [5.41, 5.74) is 2.28. The summed E-state index contributed by atoms with van der Waals surface area (Å²) < 4.78 is 0. The first kappa shape index (κ1) is 17.1. The van der Waals surface area contributed by atoms with Gasteiger partial charge < -0.3 is 10.2 Å². The van der Waals surface area contributed by atoms with E-state index in [2.05, 4.69) is 20.2 Å². The number of carbonyl (C=O) groups is 1. The highest BCUT2D eigenvalue weighted by atomic mass is 32.1. The number of carbonyl (C=O) groups excluding carboxylic acids is 1. The molecule has 0 aliphatic carbocycles. The van der Waals surface area contributed by atoms with Crippen LogP contribution in [0.2, 0.25) is 0 Å². The molecule has 0 spiro atoms. The fourth-order valence-electron chi connectivity index (χ4n) is 2.42. The van der Waals surface area contributed by atoms with Crippen LogP contribution in [0.4, 0.5) is 11.5 Å². The van der Waals surface area contributed by atoms with Crippen molar-refractivity contribution < 1.29 is 4.79 Å². The van der Waals surface area contributed by atoms with Crippen molar-refractivity contribution in [3.05, 3.63) is 70.8 Å². The van der Waals surface area contributed by atoms with E-state index in [0.717, 1.165) is 23.5 Å². The third-order valence-corrected chi connectivity index (χ3v) is 4.73. The van der Waals surface area contributed by atoms with E-state index in [1.54, 1.807) is 17.5 Å². The van der Waals surface area contributed by atoms with Crippen LogP contribution in [0.25, 0.3) is 0 Å². The van der Waals surface area contributed by atoms with Crippen molar-refractivity contribution in [3.8, 4) is 0 Å². The second-order valence-corrected chi connectivity index (χ2v) is 6.77. The monoisotopic (exact) mass is 352 g/mol. The molecule has 0 saturated heterocycles. The van der Waals surface area contributed by atoms with Gasteiger partial charge in [-0.25, -0.2) is 4.98 Å². The molecule has 6 heteroatoms. The molecule has 25 heavy (non-hydrogen) atoms. The van der Waals surface area contributed by atoms with Gasteiger partial charge in [0.1, 0.15) is 5.82 Å². The van der Waals surface area contributed by atoms with Crippen LogP contribution in [0.3, 0.4) is 0 Å². The minimum Gasteiger partial charge on any atom is -0.373 e. The van der Waals surface area contributed by atoms with Crippen LogP contribution in [0, 0.1) is 0 Å². The van der Waals surface area contributed by atoms with Gasteiger partial charge in [0.25, 0.3) is 0 Å². The Kier molecular flexibility index (Phi) is 5.74. The molecule has 0 aromatic carbocycles. The molecule has 3 heterocycles. The van der Waals surface area contributed by atoms with Crippen molar-refractivity contribution in [1.29, 1.82) is 0 Å². The van der Waals surface area contributed by atoms with E-state index < -0.39 is 0 Å². The maximum absolute atomic E-state index is 12.0. The van der Waals surface area contributed by atoms with Crippen molar-refractivity contribution in [1.82, 2.24) is 9.97 Å². The molecule has 0 radical (unpaired) electrons. The summed E-state index contributed by atoms with van der Waals surface area (Å²) in [6, 6.07) is 11.8. The molecular weight excluding hydrogens is 332 g/mol. The van der Waals surface area contributed by atoms with Crippen LogP contribution in [0.1, 0.15) is 10.4 Å². The highest BCUT2D eigenvalue weighted by Gasteiger charge is 2.07. The van der Waals surface area contributed by atoms with Gasteiger partial charge in [0.05, 0.1) is 18.3 Å². The second-order valence-electron chi connectivity index (χ2n) is 5.73. The molecule has 0 atom stereocenters. The Morgan fingerprint density at radius 2 is 2.04 bits per heavy atom.